The number of carboxylic acids is 1. The van der Waals surface area contributed by atoms with Crippen molar-refractivity contribution in [2.45, 2.75) is 19.4 Å². The first-order chi connectivity index (χ1) is 8.11. The molecule has 0 bridgehead atoms. The van der Waals surface area contributed by atoms with Crippen molar-refractivity contribution in [3.05, 3.63) is 29.8 Å². The van der Waals surface area contributed by atoms with Gasteiger partial charge in [-0.25, -0.2) is 4.79 Å². The number of aliphatic carboxylic acids is 1. The second kappa shape index (κ2) is 5.89. The van der Waals surface area contributed by atoms with Gasteiger partial charge in [-0.1, -0.05) is 25.1 Å². The molecular formula is C12H15NO4. The van der Waals surface area contributed by atoms with E-state index >= 15 is 0 Å². The highest BCUT2D eigenvalue weighted by atomic mass is 16.4. The zero-order valence-corrected chi connectivity index (χ0v) is 9.54. The topological polar surface area (TPSA) is 77.8 Å². The normalized spacial score (nSPS) is 11.8. The quantitative estimate of drug-likeness (QED) is 0.733. The van der Waals surface area contributed by atoms with Crippen LogP contribution in [0.15, 0.2) is 24.3 Å². The number of aromatic hydroxyl groups is 1. The fourth-order valence-corrected chi connectivity index (χ4v) is 1.67. The standard InChI is InChI=1S/C12H15NO4/c1-2-7-13(8-14)11(12(16)17)9-5-3-4-6-10(9)15/h3-6,8,11,15H,2,7H2,1H3,(H,16,17). The van der Waals surface area contributed by atoms with Gasteiger partial charge in [0, 0.05) is 12.1 Å². The largest absolute Gasteiger partial charge is 0.508 e. The molecule has 5 heteroatoms. The number of amides is 1. The Hall–Kier alpha value is -2.04. The Bertz CT molecular complexity index is 405. The summed E-state index contributed by atoms with van der Waals surface area (Å²) in [7, 11) is 0. The van der Waals surface area contributed by atoms with Crippen molar-refractivity contribution in [3.8, 4) is 5.75 Å². The minimum atomic E-state index is -1.16. The molecule has 0 fully saturated rings. The SMILES string of the molecule is CCCN(C=O)C(C(=O)O)c1ccccc1O. The van der Waals surface area contributed by atoms with Gasteiger partial charge in [0.2, 0.25) is 6.41 Å². The molecule has 0 saturated heterocycles. The summed E-state index contributed by atoms with van der Waals surface area (Å²) in [6.45, 7) is 2.18. The van der Waals surface area contributed by atoms with Crippen LogP contribution in [0, 0.1) is 0 Å². The Balaban J connectivity index is 3.13. The molecule has 0 aromatic heterocycles. The first kappa shape index (κ1) is 13.0. The molecule has 0 saturated carbocycles. The van der Waals surface area contributed by atoms with Crippen molar-refractivity contribution in [1.82, 2.24) is 4.90 Å². The molecule has 92 valence electrons. The zero-order chi connectivity index (χ0) is 12.8. The Labute approximate surface area is 99.3 Å². The van der Waals surface area contributed by atoms with Gasteiger partial charge in [0.25, 0.3) is 0 Å². The Morgan fingerprint density at radius 2 is 2.12 bits per heavy atom. The third-order valence-electron chi connectivity index (χ3n) is 2.41. The van der Waals surface area contributed by atoms with Gasteiger partial charge in [0.05, 0.1) is 0 Å². The van der Waals surface area contributed by atoms with Crippen LogP contribution >= 0.6 is 0 Å². The lowest BCUT2D eigenvalue weighted by atomic mass is 10.0. The molecule has 1 aromatic rings. The number of rotatable bonds is 6. The Morgan fingerprint density at radius 3 is 2.59 bits per heavy atom. The molecule has 0 aliphatic heterocycles. The van der Waals surface area contributed by atoms with E-state index in [4.69, 9.17) is 5.11 Å². The van der Waals surface area contributed by atoms with Crippen LogP contribution in [-0.2, 0) is 9.59 Å². The number of hydrogen-bond donors (Lipinski definition) is 2. The summed E-state index contributed by atoms with van der Waals surface area (Å²) in [5.41, 5.74) is 0.223. The molecular weight excluding hydrogens is 222 g/mol. The minimum Gasteiger partial charge on any atom is -0.508 e. The van der Waals surface area contributed by atoms with Crippen molar-refractivity contribution in [2.24, 2.45) is 0 Å². The average molecular weight is 237 g/mol. The average Bonchev–Trinajstić information content (AvgIpc) is 2.30. The lowest BCUT2D eigenvalue weighted by Crippen LogP contribution is -2.33. The third kappa shape index (κ3) is 2.96. The lowest BCUT2D eigenvalue weighted by Gasteiger charge is -2.25. The van der Waals surface area contributed by atoms with Gasteiger partial charge >= 0.3 is 5.97 Å². The number of nitrogens with zero attached hydrogens (tertiary/aromatic N) is 1. The van der Waals surface area contributed by atoms with E-state index in [0.29, 0.717) is 19.4 Å². The molecule has 0 aliphatic rings. The highest BCUT2D eigenvalue weighted by Gasteiger charge is 2.28. The van der Waals surface area contributed by atoms with Crippen LogP contribution in [0.1, 0.15) is 24.9 Å². The molecule has 1 rings (SSSR count). The molecule has 0 spiro atoms. The van der Waals surface area contributed by atoms with Crippen molar-refractivity contribution in [3.63, 3.8) is 0 Å². The van der Waals surface area contributed by atoms with Crippen LogP contribution in [0.3, 0.4) is 0 Å². The smallest absolute Gasteiger partial charge is 0.331 e. The lowest BCUT2D eigenvalue weighted by molar-refractivity contribution is -0.146. The maximum Gasteiger partial charge on any atom is 0.331 e. The van der Waals surface area contributed by atoms with Gasteiger partial charge in [0.1, 0.15) is 5.75 Å². The molecule has 1 atom stereocenters. The van der Waals surface area contributed by atoms with E-state index in [1.165, 1.54) is 12.1 Å². The first-order valence-corrected chi connectivity index (χ1v) is 5.33. The second-order valence-electron chi connectivity index (χ2n) is 3.64. The van der Waals surface area contributed by atoms with Gasteiger partial charge in [-0.2, -0.15) is 0 Å². The van der Waals surface area contributed by atoms with E-state index in [0.717, 1.165) is 4.90 Å². The highest BCUT2D eigenvalue weighted by Crippen LogP contribution is 2.28. The Kier molecular flexibility index (Phi) is 4.51. The van der Waals surface area contributed by atoms with E-state index in [2.05, 4.69) is 0 Å². The van der Waals surface area contributed by atoms with Gasteiger partial charge in [-0.05, 0) is 12.5 Å². The molecule has 0 aliphatic carbocycles. The fourth-order valence-electron chi connectivity index (χ4n) is 1.67. The summed E-state index contributed by atoms with van der Waals surface area (Å²) in [6, 6.07) is 4.98. The van der Waals surface area contributed by atoms with Crippen molar-refractivity contribution >= 4 is 12.4 Å². The van der Waals surface area contributed by atoms with Gasteiger partial charge in [-0.3, -0.25) is 4.79 Å². The minimum absolute atomic E-state index is 0.122. The van der Waals surface area contributed by atoms with Crippen molar-refractivity contribution in [2.75, 3.05) is 6.54 Å². The molecule has 1 aromatic carbocycles. The maximum atomic E-state index is 11.2. The zero-order valence-electron chi connectivity index (χ0n) is 9.54. The number of phenols is 1. The molecule has 1 amide bonds. The van der Waals surface area contributed by atoms with E-state index in [-0.39, 0.29) is 11.3 Å². The molecule has 0 heterocycles. The highest BCUT2D eigenvalue weighted by molar-refractivity contribution is 5.79. The fraction of sp³-hybridized carbons (Fsp3) is 0.333. The summed E-state index contributed by atoms with van der Waals surface area (Å²) >= 11 is 0. The molecule has 0 radical (unpaired) electrons. The summed E-state index contributed by atoms with van der Waals surface area (Å²) in [4.78, 5) is 23.3. The summed E-state index contributed by atoms with van der Waals surface area (Å²) in [5.74, 6) is -1.28. The molecule has 17 heavy (non-hydrogen) atoms. The molecule has 1 unspecified atom stereocenters. The predicted molar refractivity (Wildman–Crippen MR) is 61.5 cm³/mol. The number of phenolic OH excluding ortho intramolecular Hbond substituents is 1. The number of carboxylic acid groups (broad SMARTS) is 1. The summed E-state index contributed by atoms with van der Waals surface area (Å²) in [5, 5.41) is 18.8. The van der Waals surface area contributed by atoms with E-state index in [1.807, 2.05) is 6.92 Å². The van der Waals surface area contributed by atoms with Crippen molar-refractivity contribution < 1.29 is 19.8 Å². The third-order valence-corrected chi connectivity index (χ3v) is 2.41. The number of para-hydroxylation sites is 1. The van der Waals surface area contributed by atoms with Crippen LogP contribution in [-0.4, -0.2) is 34.0 Å². The number of benzene rings is 1. The van der Waals surface area contributed by atoms with Crippen LogP contribution in [0.5, 0.6) is 5.75 Å². The van der Waals surface area contributed by atoms with E-state index in [1.54, 1.807) is 12.1 Å². The van der Waals surface area contributed by atoms with Crippen molar-refractivity contribution in [1.29, 1.82) is 0 Å². The van der Waals surface area contributed by atoms with Crippen LogP contribution < -0.4 is 0 Å². The maximum absolute atomic E-state index is 11.2. The Morgan fingerprint density at radius 1 is 1.47 bits per heavy atom. The van der Waals surface area contributed by atoms with Crippen LogP contribution in [0.4, 0.5) is 0 Å². The summed E-state index contributed by atoms with van der Waals surface area (Å²) < 4.78 is 0. The monoisotopic (exact) mass is 237 g/mol. The van der Waals surface area contributed by atoms with Gasteiger partial charge in [-0.15, -0.1) is 0 Å². The second-order valence-corrected chi connectivity index (χ2v) is 3.64. The predicted octanol–water partition coefficient (Wildman–Crippen LogP) is 1.39. The van der Waals surface area contributed by atoms with Crippen LogP contribution in [0.25, 0.3) is 0 Å². The number of hydrogen-bond acceptors (Lipinski definition) is 3. The van der Waals surface area contributed by atoms with E-state index in [9.17, 15) is 14.7 Å². The van der Waals surface area contributed by atoms with E-state index < -0.39 is 12.0 Å². The summed E-state index contributed by atoms with van der Waals surface area (Å²) in [6.07, 6.45) is 1.14. The van der Waals surface area contributed by atoms with Gasteiger partial charge in [0.15, 0.2) is 6.04 Å². The van der Waals surface area contributed by atoms with Gasteiger partial charge < -0.3 is 15.1 Å². The number of carbonyl (C=O) groups excluding carboxylic acids is 1. The first-order valence-electron chi connectivity index (χ1n) is 5.33. The van der Waals surface area contributed by atoms with Crippen LogP contribution in [0.2, 0.25) is 0 Å². The number of carbonyl (C=O) groups is 2. The molecule has 5 nitrogen and oxygen atoms in total. The molecule has 2 N–H and O–H groups in total.